The van der Waals surface area contributed by atoms with Gasteiger partial charge in [-0.1, -0.05) is 58.3 Å². The van der Waals surface area contributed by atoms with E-state index >= 15 is 0 Å². The summed E-state index contributed by atoms with van der Waals surface area (Å²) in [6, 6.07) is 0. The molecule has 0 aromatic carbocycles. The van der Waals surface area contributed by atoms with Gasteiger partial charge in [-0.25, -0.2) is 0 Å². The maximum absolute atomic E-state index is 10.1. The van der Waals surface area contributed by atoms with Gasteiger partial charge in [0, 0.05) is 7.11 Å². The highest BCUT2D eigenvalue weighted by Gasteiger charge is 2.46. The summed E-state index contributed by atoms with van der Waals surface area (Å²) in [5.74, 6) is 0. The number of unbranched alkanes of at least 4 members (excludes halogenated alkanes) is 7. The molecule has 24 heavy (non-hydrogen) atoms. The van der Waals surface area contributed by atoms with Crippen molar-refractivity contribution in [2.24, 2.45) is 0 Å². The van der Waals surface area contributed by atoms with Crippen LogP contribution in [0.1, 0.15) is 64.7 Å². The van der Waals surface area contributed by atoms with Gasteiger partial charge < -0.3 is 29.5 Å². The molecular formula is C18H36O6. The molecule has 0 spiro atoms. The van der Waals surface area contributed by atoms with Crippen LogP contribution in [-0.2, 0) is 14.2 Å². The highest BCUT2D eigenvalue weighted by atomic mass is 16.7. The minimum absolute atomic E-state index is 0.119. The Bertz CT molecular complexity index is 301. The predicted molar refractivity (Wildman–Crippen MR) is 91.7 cm³/mol. The topological polar surface area (TPSA) is 88.4 Å². The lowest BCUT2D eigenvalue weighted by Gasteiger charge is -2.25. The first-order valence-corrected chi connectivity index (χ1v) is 9.38. The molecule has 0 radical (unpaired) electrons. The van der Waals surface area contributed by atoms with Gasteiger partial charge in [-0.3, -0.25) is 0 Å². The largest absolute Gasteiger partial charge is 0.394 e. The van der Waals surface area contributed by atoms with Gasteiger partial charge in [0.05, 0.1) is 12.7 Å². The Morgan fingerprint density at radius 3 is 2.12 bits per heavy atom. The zero-order chi connectivity index (χ0) is 17.8. The molecule has 6 nitrogen and oxygen atoms in total. The van der Waals surface area contributed by atoms with Crippen LogP contribution in [0.15, 0.2) is 0 Å². The Balaban J connectivity index is 2.32. The second-order valence-electron chi connectivity index (χ2n) is 6.68. The Morgan fingerprint density at radius 2 is 1.58 bits per heavy atom. The summed E-state index contributed by atoms with van der Waals surface area (Å²) in [5, 5.41) is 29.2. The molecule has 1 rings (SSSR count). The SMILES string of the molecule is CCCCCCCCCC[C@H](OCOC)[C@@H]1O[C@@H](CO)[C@@H](O)[C@@H]1O. The summed E-state index contributed by atoms with van der Waals surface area (Å²) < 4.78 is 16.2. The molecule has 144 valence electrons. The summed E-state index contributed by atoms with van der Waals surface area (Å²) in [4.78, 5) is 0. The maximum atomic E-state index is 10.1. The fraction of sp³-hybridized carbons (Fsp3) is 1.00. The van der Waals surface area contributed by atoms with Crippen LogP contribution in [0, 0.1) is 0 Å². The minimum Gasteiger partial charge on any atom is -0.394 e. The molecule has 0 aliphatic carbocycles. The third kappa shape index (κ3) is 7.33. The summed E-state index contributed by atoms with van der Waals surface area (Å²) >= 11 is 0. The number of aliphatic hydroxyl groups excluding tert-OH is 3. The van der Waals surface area contributed by atoms with E-state index < -0.39 is 24.4 Å². The molecule has 0 saturated carbocycles. The molecule has 0 unspecified atom stereocenters. The molecule has 0 amide bonds. The second-order valence-corrected chi connectivity index (χ2v) is 6.68. The van der Waals surface area contributed by atoms with Gasteiger partial charge in [-0.15, -0.1) is 0 Å². The normalized spacial score (nSPS) is 28.4. The number of hydrogen-bond acceptors (Lipinski definition) is 6. The van der Waals surface area contributed by atoms with E-state index in [1.807, 2.05) is 0 Å². The van der Waals surface area contributed by atoms with Crippen LogP contribution in [0.2, 0.25) is 0 Å². The molecule has 0 aromatic heterocycles. The van der Waals surface area contributed by atoms with Crippen LogP contribution in [-0.4, -0.2) is 66.3 Å². The highest BCUT2D eigenvalue weighted by molar-refractivity contribution is 4.94. The van der Waals surface area contributed by atoms with E-state index in [1.165, 1.54) is 38.5 Å². The standard InChI is InChI=1S/C18H36O6/c1-3-4-5-6-7-8-9-10-11-14(23-13-22-2)18-17(21)16(20)15(12-19)24-18/h14-21H,3-13H2,1-2H3/t14-,15-,16+,17-,18-/m0/s1. The van der Waals surface area contributed by atoms with E-state index in [0.29, 0.717) is 0 Å². The van der Waals surface area contributed by atoms with Crippen molar-refractivity contribution in [1.29, 1.82) is 0 Å². The smallest absolute Gasteiger partial charge is 0.146 e. The molecule has 1 aliphatic rings. The van der Waals surface area contributed by atoms with E-state index in [4.69, 9.17) is 14.2 Å². The van der Waals surface area contributed by atoms with Crippen molar-refractivity contribution in [2.45, 2.75) is 95.2 Å². The number of hydrogen-bond donors (Lipinski definition) is 3. The van der Waals surface area contributed by atoms with Gasteiger partial charge in [-0.2, -0.15) is 0 Å². The van der Waals surface area contributed by atoms with Crippen molar-refractivity contribution in [3.8, 4) is 0 Å². The lowest BCUT2D eigenvalue weighted by molar-refractivity contribution is -0.145. The summed E-state index contributed by atoms with van der Waals surface area (Å²) in [6.45, 7) is 2.02. The molecule has 3 N–H and O–H groups in total. The van der Waals surface area contributed by atoms with Crippen molar-refractivity contribution >= 4 is 0 Å². The number of rotatable bonds is 14. The average molecular weight is 348 g/mol. The third-order valence-corrected chi connectivity index (χ3v) is 4.69. The van der Waals surface area contributed by atoms with Crippen molar-refractivity contribution in [1.82, 2.24) is 0 Å². The Labute approximate surface area is 146 Å². The quantitative estimate of drug-likeness (QED) is 0.329. The van der Waals surface area contributed by atoms with E-state index in [9.17, 15) is 15.3 Å². The Kier molecular flexibility index (Phi) is 11.8. The van der Waals surface area contributed by atoms with E-state index in [2.05, 4.69) is 6.92 Å². The minimum atomic E-state index is -1.08. The van der Waals surface area contributed by atoms with Crippen molar-refractivity contribution < 1.29 is 29.5 Å². The van der Waals surface area contributed by atoms with E-state index in [-0.39, 0.29) is 19.5 Å². The Morgan fingerprint density at radius 1 is 0.958 bits per heavy atom. The summed E-state index contributed by atoms with van der Waals surface area (Å²) in [7, 11) is 1.55. The zero-order valence-electron chi connectivity index (χ0n) is 15.2. The molecule has 1 heterocycles. The number of methoxy groups -OCH3 is 1. The van der Waals surface area contributed by atoms with Crippen molar-refractivity contribution in [3.05, 3.63) is 0 Å². The molecule has 0 aromatic rings. The van der Waals surface area contributed by atoms with Crippen molar-refractivity contribution in [2.75, 3.05) is 20.5 Å². The summed E-state index contributed by atoms with van der Waals surface area (Å²) in [5.41, 5.74) is 0. The zero-order valence-corrected chi connectivity index (χ0v) is 15.2. The van der Waals surface area contributed by atoms with E-state index in [0.717, 1.165) is 19.3 Å². The van der Waals surface area contributed by atoms with Gasteiger partial charge in [-0.05, 0) is 6.42 Å². The van der Waals surface area contributed by atoms with Crippen LogP contribution in [0.5, 0.6) is 0 Å². The van der Waals surface area contributed by atoms with Crippen LogP contribution in [0.25, 0.3) is 0 Å². The van der Waals surface area contributed by atoms with Gasteiger partial charge in [0.2, 0.25) is 0 Å². The van der Waals surface area contributed by atoms with Crippen LogP contribution in [0.4, 0.5) is 0 Å². The monoisotopic (exact) mass is 348 g/mol. The first kappa shape index (κ1) is 21.8. The van der Waals surface area contributed by atoms with Crippen LogP contribution < -0.4 is 0 Å². The molecular weight excluding hydrogens is 312 g/mol. The lowest BCUT2D eigenvalue weighted by Crippen LogP contribution is -2.40. The molecule has 1 saturated heterocycles. The predicted octanol–water partition coefficient (Wildman–Crippen LogP) is 1.99. The Hall–Kier alpha value is -0.240. The van der Waals surface area contributed by atoms with Crippen molar-refractivity contribution in [3.63, 3.8) is 0 Å². The molecule has 0 bridgehead atoms. The fourth-order valence-corrected chi connectivity index (χ4v) is 3.21. The first-order valence-electron chi connectivity index (χ1n) is 9.38. The average Bonchev–Trinajstić information content (AvgIpc) is 2.88. The summed E-state index contributed by atoms with van der Waals surface area (Å²) in [6.07, 6.45) is 6.67. The van der Waals surface area contributed by atoms with E-state index in [1.54, 1.807) is 7.11 Å². The first-order chi connectivity index (χ1) is 11.7. The number of aliphatic hydroxyl groups is 3. The fourth-order valence-electron chi connectivity index (χ4n) is 3.21. The maximum Gasteiger partial charge on any atom is 0.146 e. The molecule has 1 aliphatic heterocycles. The second kappa shape index (κ2) is 13.0. The molecule has 6 heteroatoms. The lowest BCUT2D eigenvalue weighted by atomic mass is 9.99. The van der Waals surface area contributed by atoms with Gasteiger partial charge in [0.1, 0.15) is 31.2 Å². The van der Waals surface area contributed by atoms with Crippen LogP contribution in [0.3, 0.4) is 0 Å². The van der Waals surface area contributed by atoms with Gasteiger partial charge in [0.15, 0.2) is 0 Å². The van der Waals surface area contributed by atoms with Gasteiger partial charge in [0.25, 0.3) is 0 Å². The third-order valence-electron chi connectivity index (χ3n) is 4.69. The van der Waals surface area contributed by atoms with Crippen LogP contribution >= 0.6 is 0 Å². The molecule has 1 fully saturated rings. The molecule has 5 atom stereocenters. The highest BCUT2D eigenvalue weighted by Crippen LogP contribution is 2.27. The van der Waals surface area contributed by atoms with Gasteiger partial charge >= 0.3 is 0 Å². The number of ether oxygens (including phenoxy) is 3.